The Balaban J connectivity index is 1.71. The summed E-state index contributed by atoms with van der Waals surface area (Å²) in [6.07, 6.45) is 1.66. The highest BCUT2D eigenvalue weighted by Crippen LogP contribution is 2.23. The van der Waals surface area contributed by atoms with E-state index in [-0.39, 0.29) is 18.0 Å². The van der Waals surface area contributed by atoms with Crippen LogP contribution in [0.25, 0.3) is 0 Å². The van der Waals surface area contributed by atoms with E-state index in [1.54, 1.807) is 12.0 Å². The molecule has 1 aliphatic heterocycles. The standard InChI is InChI=1S/C22H26N2O4/c1-28-19-9-7-17(8-10-19)20(15-16-5-3-2-4-6-16)23-22(27)24-13-11-18(12-14-24)21(25)26/h2-10,18,20H,11-15H2,1H3,(H,23,27)(H,25,26). The van der Waals surface area contributed by atoms with Crippen LogP contribution in [0.5, 0.6) is 5.75 Å². The zero-order valence-electron chi connectivity index (χ0n) is 16.0. The lowest BCUT2D eigenvalue weighted by atomic mass is 9.97. The molecule has 1 atom stereocenters. The highest BCUT2D eigenvalue weighted by atomic mass is 16.5. The number of hydrogen-bond donors (Lipinski definition) is 2. The number of benzene rings is 2. The van der Waals surface area contributed by atoms with Gasteiger partial charge in [0.15, 0.2) is 0 Å². The van der Waals surface area contributed by atoms with Crippen LogP contribution >= 0.6 is 0 Å². The average Bonchev–Trinajstić information content (AvgIpc) is 2.74. The summed E-state index contributed by atoms with van der Waals surface area (Å²) in [7, 11) is 1.62. The van der Waals surface area contributed by atoms with Gasteiger partial charge in [0, 0.05) is 13.1 Å². The number of carboxylic acids is 1. The van der Waals surface area contributed by atoms with E-state index in [4.69, 9.17) is 9.84 Å². The summed E-state index contributed by atoms with van der Waals surface area (Å²) in [5.74, 6) is -0.365. The van der Waals surface area contributed by atoms with Gasteiger partial charge in [-0.3, -0.25) is 4.79 Å². The van der Waals surface area contributed by atoms with Gasteiger partial charge in [-0.05, 0) is 42.5 Å². The topological polar surface area (TPSA) is 78.9 Å². The first-order valence-corrected chi connectivity index (χ1v) is 9.53. The number of aliphatic carboxylic acids is 1. The van der Waals surface area contributed by atoms with Crippen LogP contribution in [0, 0.1) is 5.92 Å². The minimum absolute atomic E-state index is 0.152. The van der Waals surface area contributed by atoms with Crippen molar-refractivity contribution >= 4 is 12.0 Å². The molecule has 1 saturated heterocycles. The Morgan fingerprint density at radius 3 is 2.32 bits per heavy atom. The number of methoxy groups -OCH3 is 1. The van der Waals surface area contributed by atoms with Crippen LogP contribution in [-0.4, -0.2) is 42.2 Å². The number of amides is 2. The SMILES string of the molecule is COc1ccc(C(Cc2ccccc2)NC(=O)N2CCC(C(=O)O)CC2)cc1. The molecule has 1 unspecified atom stereocenters. The maximum absolute atomic E-state index is 12.8. The van der Waals surface area contributed by atoms with Crippen LogP contribution in [0.4, 0.5) is 4.79 Å². The Kier molecular flexibility index (Phi) is 6.53. The molecule has 3 rings (SSSR count). The maximum atomic E-state index is 12.8. The molecule has 148 valence electrons. The minimum atomic E-state index is -0.778. The molecule has 1 aliphatic rings. The molecule has 0 aliphatic carbocycles. The van der Waals surface area contributed by atoms with Crippen LogP contribution in [-0.2, 0) is 11.2 Å². The Morgan fingerprint density at radius 1 is 1.11 bits per heavy atom. The van der Waals surface area contributed by atoms with Crippen molar-refractivity contribution in [1.29, 1.82) is 0 Å². The third kappa shape index (κ3) is 5.03. The molecule has 2 aromatic carbocycles. The zero-order chi connectivity index (χ0) is 19.9. The second kappa shape index (κ2) is 9.26. The largest absolute Gasteiger partial charge is 0.497 e. The maximum Gasteiger partial charge on any atom is 0.317 e. The van der Waals surface area contributed by atoms with Crippen molar-refractivity contribution in [3.63, 3.8) is 0 Å². The van der Waals surface area contributed by atoms with Crippen molar-refractivity contribution in [2.45, 2.75) is 25.3 Å². The number of nitrogens with zero attached hydrogens (tertiary/aromatic N) is 1. The van der Waals surface area contributed by atoms with E-state index in [1.165, 1.54) is 0 Å². The van der Waals surface area contributed by atoms with E-state index >= 15 is 0 Å². The molecule has 2 amide bonds. The molecule has 28 heavy (non-hydrogen) atoms. The molecule has 6 heteroatoms. The number of nitrogens with one attached hydrogen (secondary N) is 1. The van der Waals surface area contributed by atoms with Crippen molar-refractivity contribution in [1.82, 2.24) is 10.2 Å². The predicted octanol–water partition coefficient (Wildman–Crippen LogP) is 3.49. The number of carbonyl (C=O) groups excluding carboxylic acids is 1. The molecule has 0 aromatic heterocycles. The molecular weight excluding hydrogens is 356 g/mol. The molecular formula is C22H26N2O4. The molecule has 0 radical (unpaired) electrons. The third-order valence-electron chi connectivity index (χ3n) is 5.23. The zero-order valence-corrected chi connectivity index (χ0v) is 16.0. The normalized spacial score (nSPS) is 15.7. The van der Waals surface area contributed by atoms with Gasteiger partial charge in [0.1, 0.15) is 5.75 Å². The van der Waals surface area contributed by atoms with Crippen molar-refractivity contribution in [2.75, 3.05) is 20.2 Å². The molecule has 2 aromatic rings. The van der Waals surface area contributed by atoms with Crippen LogP contribution < -0.4 is 10.1 Å². The van der Waals surface area contributed by atoms with Crippen molar-refractivity contribution in [3.8, 4) is 5.75 Å². The molecule has 6 nitrogen and oxygen atoms in total. The number of urea groups is 1. The summed E-state index contributed by atoms with van der Waals surface area (Å²) >= 11 is 0. The van der Waals surface area contributed by atoms with E-state index in [2.05, 4.69) is 5.32 Å². The molecule has 0 saturated carbocycles. The Morgan fingerprint density at radius 2 is 1.75 bits per heavy atom. The number of likely N-dealkylation sites (tertiary alicyclic amines) is 1. The van der Waals surface area contributed by atoms with Gasteiger partial charge in [-0.1, -0.05) is 42.5 Å². The molecule has 0 spiro atoms. The molecule has 1 fully saturated rings. The Labute approximate surface area is 165 Å². The number of carboxylic acid groups (broad SMARTS) is 1. The van der Waals surface area contributed by atoms with Gasteiger partial charge in [-0.25, -0.2) is 4.79 Å². The molecule has 0 bridgehead atoms. The van der Waals surface area contributed by atoms with Gasteiger partial charge >= 0.3 is 12.0 Å². The summed E-state index contributed by atoms with van der Waals surface area (Å²) in [5, 5.41) is 12.3. The van der Waals surface area contributed by atoms with Gasteiger partial charge in [0.2, 0.25) is 0 Å². The first-order valence-electron chi connectivity index (χ1n) is 9.53. The Bertz CT molecular complexity index is 784. The monoisotopic (exact) mass is 382 g/mol. The fraction of sp³-hybridized carbons (Fsp3) is 0.364. The number of ether oxygens (including phenoxy) is 1. The van der Waals surface area contributed by atoms with Crippen molar-refractivity contribution < 1.29 is 19.4 Å². The lowest BCUT2D eigenvalue weighted by Crippen LogP contribution is -2.46. The molecule has 1 heterocycles. The second-order valence-corrected chi connectivity index (χ2v) is 7.06. The third-order valence-corrected chi connectivity index (χ3v) is 5.23. The summed E-state index contributed by atoms with van der Waals surface area (Å²) < 4.78 is 5.23. The fourth-order valence-corrected chi connectivity index (χ4v) is 3.51. The van der Waals surface area contributed by atoms with Gasteiger partial charge in [-0.15, -0.1) is 0 Å². The van der Waals surface area contributed by atoms with Gasteiger partial charge in [0.05, 0.1) is 19.1 Å². The lowest BCUT2D eigenvalue weighted by Gasteiger charge is -2.32. The second-order valence-electron chi connectivity index (χ2n) is 7.06. The van der Waals surface area contributed by atoms with E-state index in [0.717, 1.165) is 16.9 Å². The van der Waals surface area contributed by atoms with E-state index in [1.807, 2.05) is 54.6 Å². The van der Waals surface area contributed by atoms with E-state index in [0.29, 0.717) is 32.4 Å². The van der Waals surface area contributed by atoms with Gasteiger partial charge < -0.3 is 20.1 Å². The van der Waals surface area contributed by atoms with Gasteiger partial charge in [-0.2, -0.15) is 0 Å². The minimum Gasteiger partial charge on any atom is -0.497 e. The predicted molar refractivity (Wildman–Crippen MR) is 106 cm³/mol. The number of carbonyl (C=O) groups is 2. The summed E-state index contributed by atoms with van der Waals surface area (Å²) in [6.45, 7) is 0.924. The number of piperidine rings is 1. The van der Waals surface area contributed by atoms with E-state index < -0.39 is 5.97 Å². The first-order chi connectivity index (χ1) is 13.6. The fourth-order valence-electron chi connectivity index (χ4n) is 3.51. The average molecular weight is 382 g/mol. The van der Waals surface area contributed by atoms with Crippen molar-refractivity contribution in [2.24, 2.45) is 5.92 Å². The highest BCUT2D eigenvalue weighted by molar-refractivity contribution is 5.76. The number of hydrogen-bond acceptors (Lipinski definition) is 3. The first kappa shape index (κ1) is 19.7. The summed E-state index contributed by atoms with van der Waals surface area (Å²) in [4.78, 5) is 25.6. The van der Waals surface area contributed by atoms with Crippen molar-refractivity contribution in [3.05, 3.63) is 65.7 Å². The van der Waals surface area contributed by atoms with Crippen LogP contribution in [0.2, 0.25) is 0 Å². The quantitative estimate of drug-likeness (QED) is 0.802. The van der Waals surface area contributed by atoms with E-state index in [9.17, 15) is 9.59 Å². The van der Waals surface area contributed by atoms with Gasteiger partial charge in [0.25, 0.3) is 0 Å². The van der Waals surface area contributed by atoms with Crippen LogP contribution in [0.15, 0.2) is 54.6 Å². The summed E-state index contributed by atoms with van der Waals surface area (Å²) in [6, 6.07) is 17.4. The highest BCUT2D eigenvalue weighted by Gasteiger charge is 2.28. The van der Waals surface area contributed by atoms with Crippen LogP contribution in [0.1, 0.15) is 30.0 Å². The van der Waals surface area contributed by atoms with Crippen LogP contribution in [0.3, 0.4) is 0 Å². The summed E-state index contributed by atoms with van der Waals surface area (Å²) in [5.41, 5.74) is 2.13. The smallest absolute Gasteiger partial charge is 0.317 e. The number of rotatable bonds is 6. The Hall–Kier alpha value is -3.02. The lowest BCUT2D eigenvalue weighted by molar-refractivity contribution is -0.143. The molecule has 2 N–H and O–H groups in total.